The Morgan fingerprint density at radius 1 is 1.29 bits per heavy atom. The molecule has 0 radical (unpaired) electrons. The smallest absolute Gasteiger partial charge is 0.152 e. The predicted octanol–water partition coefficient (Wildman–Crippen LogP) is 1.87. The van der Waals surface area contributed by atoms with Gasteiger partial charge in [0.25, 0.3) is 0 Å². The molecule has 0 atom stereocenters. The van der Waals surface area contributed by atoms with Gasteiger partial charge < -0.3 is 10.4 Å². The molecule has 1 aromatic heterocycles. The monoisotopic (exact) mass is 189 g/mol. The van der Waals surface area contributed by atoms with Crippen molar-refractivity contribution in [2.75, 3.05) is 5.32 Å². The van der Waals surface area contributed by atoms with Gasteiger partial charge in [0.05, 0.1) is 5.69 Å². The second-order valence-electron chi connectivity index (χ2n) is 3.02. The maximum absolute atomic E-state index is 9.48. The molecule has 1 aromatic carbocycles. The van der Waals surface area contributed by atoms with Crippen molar-refractivity contribution in [3.63, 3.8) is 0 Å². The molecule has 0 saturated heterocycles. The van der Waals surface area contributed by atoms with Gasteiger partial charge in [-0.3, -0.25) is 4.68 Å². The fraction of sp³-hybridized carbons (Fsp3) is 0.100. The first kappa shape index (κ1) is 8.62. The Balaban J connectivity index is 2.23. The summed E-state index contributed by atoms with van der Waals surface area (Å²) < 4.78 is 1.70. The lowest BCUT2D eigenvalue weighted by Crippen LogP contribution is -1.93. The molecule has 0 bridgehead atoms. The molecule has 0 amide bonds. The first-order valence-corrected chi connectivity index (χ1v) is 4.30. The second kappa shape index (κ2) is 3.41. The number of hydrogen-bond donors (Lipinski definition) is 2. The predicted molar refractivity (Wildman–Crippen MR) is 54.6 cm³/mol. The van der Waals surface area contributed by atoms with Crippen LogP contribution in [0.15, 0.2) is 36.5 Å². The number of aromatic nitrogens is 2. The first-order chi connectivity index (χ1) is 6.75. The summed E-state index contributed by atoms with van der Waals surface area (Å²) in [6.45, 7) is 0. The molecule has 2 aromatic rings. The number of anilines is 2. The molecule has 1 heterocycles. The molecule has 2 rings (SSSR count). The third-order valence-corrected chi connectivity index (χ3v) is 1.88. The molecule has 4 nitrogen and oxygen atoms in total. The normalized spacial score (nSPS) is 10.1. The van der Waals surface area contributed by atoms with Crippen molar-refractivity contribution in [2.24, 2.45) is 7.05 Å². The van der Waals surface area contributed by atoms with Crippen LogP contribution in [0.5, 0.6) is 5.75 Å². The summed E-state index contributed by atoms with van der Waals surface area (Å²) in [7, 11) is 1.84. The number of benzene rings is 1. The number of phenols is 1. The molecule has 0 aliphatic rings. The highest BCUT2D eigenvalue weighted by Crippen LogP contribution is 2.24. The Morgan fingerprint density at radius 3 is 2.71 bits per heavy atom. The summed E-state index contributed by atoms with van der Waals surface area (Å²) >= 11 is 0. The van der Waals surface area contributed by atoms with Gasteiger partial charge in [0.1, 0.15) is 5.75 Å². The van der Waals surface area contributed by atoms with Gasteiger partial charge in [-0.25, -0.2) is 0 Å². The van der Waals surface area contributed by atoms with Crippen molar-refractivity contribution in [1.82, 2.24) is 9.78 Å². The number of nitrogens with one attached hydrogen (secondary N) is 1. The van der Waals surface area contributed by atoms with Gasteiger partial charge in [-0.1, -0.05) is 12.1 Å². The Morgan fingerprint density at radius 2 is 2.07 bits per heavy atom. The van der Waals surface area contributed by atoms with Gasteiger partial charge in [0, 0.05) is 19.3 Å². The van der Waals surface area contributed by atoms with Crippen molar-refractivity contribution < 1.29 is 5.11 Å². The van der Waals surface area contributed by atoms with Gasteiger partial charge in [-0.15, -0.1) is 0 Å². The summed E-state index contributed by atoms with van der Waals surface area (Å²) in [5.41, 5.74) is 0.659. The number of aryl methyl sites for hydroxylation is 1. The highest BCUT2D eigenvalue weighted by molar-refractivity contribution is 5.62. The number of aromatic hydroxyl groups is 1. The molecule has 0 fully saturated rings. The van der Waals surface area contributed by atoms with Gasteiger partial charge >= 0.3 is 0 Å². The lowest BCUT2D eigenvalue weighted by Gasteiger charge is -2.04. The molecule has 0 saturated carbocycles. The lowest BCUT2D eigenvalue weighted by atomic mass is 10.3. The molecule has 2 N–H and O–H groups in total. The van der Waals surface area contributed by atoms with Crippen LogP contribution in [-0.4, -0.2) is 14.9 Å². The average Bonchev–Trinajstić information content (AvgIpc) is 2.56. The quantitative estimate of drug-likeness (QED) is 0.709. The van der Waals surface area contributed by atoms with Gasteiger partial charge in [0.2, 0.25) is 0 Å². The van der Waals surface area contributed by atoms with E-state index in [1.54, 1.807) is 22.9 Å². The zero-order chi connectivity index (χ0) is 9.97. The zero-order valence-electron chi connectivity index (χ0n) is 7.81. The summed E-state index contributed by atoms with van der Waals surface area (Å²) in [6.07, 6.45) is 1.84. The first-order valence-electron chi connectivity index (χ1n) is 4.30. The van der Waals surface area contributed by atoms with E-state index in [9.17, 15) is 5.11 Å². The van der Waals surface area contributed by atoms with Crippen molar-refractivity contribution >= 4 is 11.5 Å². The topological polar surface area (TPSA) is 50.1 Å². The molecular formula is C10H11N3O. The van der Waals surface area contributed by atoms with Gasteiger partial charge in [0.15, 0.2) is 5.82 Å². The van der Waals surface area contributed by atoms with E-state index >= 15 is 0 Å². The van der Waals surface area contributed by atoms with Crippen LogP contribution >= 0.6 is 0 Å². The molecule has 14 heavy (non-hydrogen) atoms. The summed E-state index contributed by atoms with van der Waals surface area (Å²) in [6, 6.07) is 8.89. The molecule has 0 aliphatic heterocycles. The average molecular weight is 189 g/mol. The SMILES string of the molecule is Cn1ccc(Nc2ccccc2O)n1. The highest BCUT2D eigenvalue weighted by Gasteiger charge is 2.00. The van der Waals surface area contributed by atoms with E-state index in [2.05, 4.69) is 10.4 Å². The van der Waals surface area contributed by atoms with E-state index in [-0.39, 0.29) is 5.75 Å². The second-order valence-corrected chi connectivity index (χ2v) is 3.02. The fourth-order valence-corrected chi connectivity index (χ4v) is 1.20. The molecule has 0 aliphatic carbocycles. The van der Waals surface area contributed by atoms with Crippen LogP contribution in [0.2, 0.25) is 0 Å². The Labute approximate surface area is 81.8 Å². The van der Waals surface area contributed by atoms with Crippen LogP contribution in [0.3, 0.4) is 0 Å². The maximum Gasteiger partial charge on any atom is 0.152 e. The number of phenolic OH excluding ortho intramolecular Hbond substituents is 1. The maximum atomic E-state index is 9.48. The van der Waals surface area contributed by atoms with Crippen LogP contribution < -0.4 is 5.32 Å². The van der Waals surface area contributed by atoms with Crippen LogP contribution in [0.25, 0.3) is 0 Å². The van der Waals surface area contributed by atoms with Crippen molar-refractivity contribution in [3.8, 4) is 5.75 Å². The van der Waals surface area contributed by atoms with Crippen molar-refractivity contribution in [3.05, 3.63) is 36.5 Å². The minimum Gasteiger partial charge on any atom is -0.506 e. The largest absolute Gasteiger partial charge is 0.506 e. The minimum atomic E-state index is 0.221. The van der Waals surface area contributed by atoms with Gasteiger partial charge in [-0.05, 0) is 12.1 Å². The van der Waals surface area contributed by atoms with Crippen LogP contribution in [0.1, 0.15) is 0 Å². The third-order valence-electron chi connectivity index (χ3n) is 1.88. The molecular weight excluding hydrogens is 178 g/mol. The summed E-state index contributed by atoms with van der Waals surface area (Å²) in [4.78, 5) is 0. The molecule has 72 valence electrons. The van der Waals surface area contributed by atoms with E-state index in [0.717, 1.165) is 0 Å². The standard InChI is InChI=1S/C10H11N3O/c1-13-7-6-10(12-13)11-8-4-2-3-5-9(8)14/h2-7,14H,1H3,(H,11,12). The van der Waals surface area contributed by atoms with E-state index in [4.69, 9.17) is 0 Å². The molecule has 0 spiro atoms. The fourth-order valence-electron chi connectivity index (χ4n) is 1.20. The van der Waals surface area contributed by atoms with Gasteiger partial charge in [-0.2, -0.15) is 5.10 Å². The molecule has 4 heteroatoms. The van der Waals surface area contributed by atoms with Crippen LogP contribution in [0.4, 0.5) is 11.5 Å². The number of nitrogens with zero attached hydrogens (tertiary/aromatic N) is 2. The van der Waals surface area contributed by atoms with Crippen LogP contribution in [-0.2, 0) is 7.05 Å². The van der Waals surface area contributed by atoms with Crippen molar-refractivity contribution in [1.29, 1.82) is 0 Å². The summed E-state index contributed by atoms with van der Waals surface area (Å²) in [5.74, 6) is 0.937. The number of hydrogen-bond acceptors (Lipinski definition) is 3. The van der Waals surface area contributed by atoms with E-state index in [1.807, 2.05) is 25.4 Å². The Kier molecular flexibility index (Phi) is 2.10. The molecule has 0 unspecified atom stereocenters. The lowest BCUT2D eigenvalue weighted by molar-refractivity contribution is 0.477. The summed E-state index contributed by atoms with van der Waals surface area (Å²) in [5, 5.41) is 16.6. The number of rotatable bonds is 2. The van der Waals surface area contributed by atoms with Crippen molar-refractivity contribution in [2.45, 2.75) is 0 Å². The number of para-hydroxylation sites is 2. The van der Waals surface area contributed by atoms with Crippen LogP contribution in [0, 0.1) is 0 Å². The highest BCUT2D eigenvalue weighted by atomic mass is 16.3. The minimum absolute atomic E-state index is 0.221. The Bertz CT molecular complexity index is 436. The van der Waals surface area contributed by atoms with E-state index in [1.165, 1.54) is 0 Å². The third kappa shape index (κ3) is 1.69. The van der Waals surface area contributed by atoms with E-state index < -0.39 is 0 Å². The zero-order valence-corrected chi connectivity index (χ0v) is 7.81. The Hall–Kier alpha value is -1.97. The van der Waals surface area contributed by atoms with E-state index in [0.29, 0.717) is 11.5 Å².